The molecule has 0 atom stereocenters. The number of ether oxygens (including phenoxy) is 3. The van der Waals surface area contributed by atoms with Crippen LogP contribution in [0.5, 0.6) is 34.5 Å². The van der Waals surface area contributed by atoms with Crippen molar-refractivity contribution in [3.63, 3.8) is 0 Å². The van der Waals surface area contributed by atoms with Gasteiger partial charge in [-0.15, -0.1) is 0 Å². The number of anilines is 18. The molecule has 16 aliphatic rings. The number of para-hydroxylation sites is 5. The Kier molecular flexibility index (Phi) is 12.0. The Morgan fingerprint density at radius 1 is 0.180 bits per heavy atom. The SMILES string of the molecule is c1ccc(N2c3cccc4c3B3c5c(ccc6c5N5B(c7ccccc7-6)c6ccccc6-c6ccc2c3c65)O4)cc1.c1ccc(N2c3cccc4c3B3c5c(ccc6c5N5B(c7cccn7-6)c6cccn6-c6ccc2c3c65)O4)cc1.c1ccc(N2c3cccc4c3B3c5c(cccc5N5c6cccc7c6B6c8c(cc2c3c85)-c2ccccc2N6c2ccccc2-7)O4)cc1. The van der Waals surface area contributed by atoms with Gasteiger partial charge in [0.1, 0.15) is 34.5 Å². The third kappa shape index (κ3) is 7.72. The Labute approximate surface area is 738 Å². The molecule has 0 bridgehead atoms. The molecule has 35 rings (SSSR count). The first-order valence-electron chi connectivity index (χ1n) is 44.7. The predicted octanol–water partition coefficient (Wildman–Crippen LogP) is 16.0. The van der Waals surface area contributed by atoms with E-state index in [2.05, 4.69) is 413 Å². The molecule has 0 fully saturated rings. The molecule has 128 heavy (non-hydrogen) atoms. The molecule has 0 amide bonds. The van der Waals surface area contributed by atoms with Gasteiger partial charge < -0.3 is 57.4 Å². The highest BCUT2D eigenvalue weighted by molar-refractivity contribution is 7.07. The lowest BCUT2D eigenvalue weighted by molar-refractivity contribution is 0.487. The fourth-order valence-electron chi connectivity index (χ4n) is 26.3. The van der Waals surface area contributed by atoms with E-state index in [0.717, 1.165) is 51.6 Å². The molecule has 18 heterocycles. The van der Waals surface area contributed by atoms with Crippen molar-refractivity contribution in [1.29, 1.82) is 0 Å². The maximum absolute atomic E-state index is 6.82. The number of rotatable bonds is 3. The van der Waals surface area contributed by atoms with Gasteiger partial charge in [-0.05, 0) is 269 Å². The van der Waals surface area contributed by atoms with Gasteiger partial charge in [-0.1, -0.05) is 182 Å². The van der Waals surface area contributed by atoms with Crippen LogP contribution in [0.3, 0.4) is 0 Å². The highest BCUT2D eigenvalue weighted by Gasteiger charge is 2.61. The molecular weight excluding hydrogens is 1560 g/mol. The van der Waals surface area contributed by atoms with E-state index >= 15 is 0 Å². The van der Waals surface area contributed by atoms with E-state index in [-0.39, 0.29) is 40.7 Å². The van der Waals surface area contributed by atoms with Gasteiger partial charge in [-0.2, -0.15) is 0 Å². The number of aromatic nitrogens is 2. The molecule has 582 valence electrons. The molecule has 0 saturated heterocycles. The normalized spacial score (nSPS) is 15.0. The summed E-state index contributed by atoms with van der Waals surface area (Å²) in [5.41, 5.74) is 55.2. The van der Waals surface area contributed by atoms with Crippen LogP contribution in [0.2, 0.25) is 0 Å². The Morgan fingerprint density at radius 3 is 1.09 bits per heavy atom. The fourth-order valence-corrected chi connectivity index (χ4v) is 26.3. The van der Waals surface area contributed by atoms with Crippen LogP contribution < -0.4 is 130 Å². The Morgan fingerprint density at radius 2 is 0.539 bits per heavy atom. The molecule has 0 unspecified atom stereocenters. The van der Waals surface area contributed by atoms with Crippen molar-refractivity contribution in [3.05, 3.63) is 370 Å². The third-order valence-corrected chi connectivity index (χ3v) is 30.7. The minimum atomic E-state index is 0.0546. The van der Waals surface area contributed by atoms with Crippen LogP contribution in [0.4, 0.5) is 102 Å². The van der Waals surface area contributed by atoms with Crippen LogP contribution in [0.15, 0.2) is 370 Å². The summed E-state index contributed by atoms with van der Waals surface area (Å²) in [6.07, 6.45) is 4.43. The van der Waals surface area contributed by atoms with E-state index in [9.17, 15) is 0 Å². The molecule has 0 radical (unpaired) electrons. The third-order valence-electron chi connectivity index (χ3n) is 30.7. The second kappa shape index (κ2) is 23.2. The topological polar surface area (TPSA) is 60.2 Å². The van der Waals surface area contributed by atoms with Gasteiger partial charge in [-0.3, -0.25) is 0 Å². The Bertz CT molecular complexity index is 8470. The average Bonchev–Trinajstić information content (AvgIpc) is 0.792. The van der Waals surface area contributed by atoms with Gasteiger partial charge in [0.05, 0.1) is 22.7 Å². The van der Waals surface area contributed by atoms with Crippen molar-refractivity contribution in [2.75, 3.05) is 34.0 Å². The van der Waals surface area contributed by atoms with E-state index in [0.29, 0.717) is 0 Å². The molecule has 19 aromatic rings. The van der Waals surface area contributed by atoms with Gasteiger partial charge in [0, 0.05) is 137 Å². The lowest BCUT2D eigenvalue weighted by Crippen LogP contribution is -2.71. The highest BCUT2D eigenvalue weighted by atomic mass is 16.5. The first kappa shape index (κ1) is 66.3. The van der Waals surface area contributed by atoms with Crippen LogP contribution in [0.1, 0.15) is 0 Å². The molecule has 17 aromatic carbocycles. The summed E-state index contributed by atoms with van der Waals surface area (Å²) < 4.78 is 25.1. The monoisotopic (exact) mass is 1620 g/mol. The van der Waals surface area contributed by atoms with Crippen molar-refractivity contribution in [2.45, 2.75) is 0 Å². The quantitative estimate of drug-likeness (QED) is 0.160. The lowest BCUT2D eigenvalue weighted by atomic mass is 9.30. The van der Waals surface area contributed by atoms with Crippen molar-refractivity contribution in [1.82, 2.24) is 9.13 Å². The molecule has 16 aliphatic heterocycles. The molecule has 18 heteroatoms. The Hall–Kier alpha value is -16.3. The van der Waals surface area contributed by atoms with Crippen molar-refractivity contribution in [3.8, 4) is 90.4 Å². The van der Waals surface area contributed by atoms with Gasteiger partial charge >= 0.3 is 20.5 Å². The molecule has 2 aromatic heterocycles. The second-order valence-corrected chi connectivity index (χ2v) is 36.2. The summed E-state index contributed by atoms with van der Waals surface area (Å²) in [7, 11) is 0. The summed E-state index contributed by atoms with van der Waals surface area (Å²) in [6, 6.07) is 131. The molecule has 0 aliphatic carbocycles. The van der Waals surface area contributed by atoms with E-state index in [4.69, 9.17) is 14.2 Å². The summed E-state index contributed by atoms with van der Waals surface area (Å²) in [5.74, 6) is 5.76. The average molecular weight is 1620 g/mol. The van der Waals surface area contributed by atoms with Crippen molar-refractivity contribution >= 4 is 225 Å². The number of fused-ring (bicyclic) bond motifs is 20. The molecule has 0 N–H and O–H groups in total. The van der Waals surface area contributed by atoms with Crippen LogP contribution in [-0.4, -0.2) is 49.8 Å². The summed E-state index contributed by atoms with van der Waals surface area (Å²) in [6.45, 7) is 0.513. The van der Waals surface area contributed by atoms with Gasteiger partial charge in [-0.25, -0.2) is 0 Å². The fraction of sp³-hybridized carbons (Fsp3) is 0. The molecule has 0 saturated carbocycles. The van der Waals surface area contributed by atoms with Crippen LogP contribution in [-0.2, 0) is 0 Å². The first-order valence-corrected chi connectivity index (χ1v) is 44.7. The lowest BCUT2D eigenvalue weighted by Gasteiger charge is -2.53. The zero-order valence-corrected chi connectivity index (χ0v) is 68.4. The smallest absolute Gasteiger partial charge is 0.363 e. The minimum Gasteiger partial charge on any atom is -0.458 e. The highest BCUT2D eigenvalue weighted by Crippen LogP contribution is 2.59. The number of nitrogens with zero attached hydrogens (tertiary/aromatic N) is 9. The largest absolute Gasteiger partial charge is 0.458 e. The predicted molar refractivity (Wildman–Crippen MR) is 527 cm³/mol. The molecular formula is C110H61B6N9O3. The van der Waals surface area contributed by atoms with Gasteiger partial charge in [0.25, 0.3) is 20.1 Å². The van der Waals surface area contributed by atoms with Crippen LogP contribution >= 0.6 is 0 Å². The van der Waals surface area contributed by atoms with Crippen molar-refractivity contribution < 1.29 is 14.2 Å². The second-order valence-electron chi connectivity index (χ2n) is 36.2. The first-order chi connectivity index (χ1) is 63.6. The number of hydrogen-bond donors (Lipinski definition) is 0. The summed E-state index contributed by atoms with van der Waals surface area (Å²) in [4.78, 5) is 17.9. The zero-order valence-electron chi connectivity index (χ0n) is 68.4. The summed E-state index contributed by atoms with van der Waals surface area (Å²) >= 11 is 0. The van der Waals surface area contributed by atoms with Gasteiger partial charge in [0.2, 0.25) is 0 Å². The molecule has 12 nitrogen and oxygen atoms in total. The zero-order chi connectivity index (χ0) is 82.2. The maximum Gasteiger partial charge on any atom is 0.363 e. The summed E-state index contributed by atoms with van der Waals surface area (Å²) in [5, 5.41) is 0. The van der Waals surface area contributed by atoms with E-state index in [1.54, 1.807) is 0 Å². The van der Waals surface area contributed by atoms with E-state index in [1.165, 1.54) is 223 Å². The van der Waals surface area contributed by atoms with Gasteiger partial charge in [0.15, 0.2) is 0 Å². The van der Waals surface area contributed by atoms with E-state index in [1.807, 2.05) is 0 Å². The van der Waals surface area contributed by atoms with Crippen LogP contribution in [0, 0.1) is 0 Å². The number of benzene rings is 17. The van der Waals surface area contributed by atoms with Crippen LogP contribution in [0.25, 0.3) is 55.9 Å². The maximum atomic E-state index is 6.82. The number of hydrogen-bond acceptors (Lipinski definition) is 10. The van der Waals surface area contributed by atoms with Crippen molar-refractivity contribution in [2.24, 2.45) is 0 Å². The van der Waals surface area contributed by atoms with E-state index < -0.39 is 0 Å². The Balaban J connectivity index is 0.0000000888. The minimum absolute atomic E-state index is 0.0546. The standard InChI is InChI=1S/C42H23B2N3O.C36H20B2N2O.C32H18B2N4O/c1-2-11-24(12-3-1)45-32-19-9-21-35-39(32)43-40-33(20-10-22-36(40)48-35)46-31-18-8-15-27-25-13-4-6-16-29(25)47-30-17-7-5-14-26(30)28-23-34(45)41(43)42(46)38(28)44(47)37(27)31;1-2-9-21(10-3-1)39-28-15-8-16-30-32(28)37-33-29(39)19-17-24-22-11-4-6-13-26(22)38-27-14-7-5-12-23(27)25-18-20-31(41-30)34(37)36(25)40(38)35(24)33;1-2-7-19(8-3-1)37-20-9-4-10-24-28(20)33-29-21(37)13-14-22-31(29)38-32-23(15-16-25(39-24)30(32)33)36-18-6-12-27(36)34(38)26-11-5-17-35(22)26/h1-23H;1-20H;1-18H. The molecule has 0 spiro atoms.